The van der Waals surface area contributed by atoms with Crippen LogP contribution in [0.2, 0.25) is 0 Å². The van der Waals surface area contributed by atoms with Crippen LogP contribution in [-0.4, -0.2) is 34.7 Å². The van der Waals surface area contributed by atoms with Gasteiger partial charge in [0.05, 0.1) is 16.7 Å². The highest BCUT2D eigenvalue weighted by atomic mass is 19.4. The number of halogens is 3. The molecule has 2 aliphatic rings. The number of alkyl halides is 3. The minimum Gasteiger partial charge on any atom is -0.399 e. The molecule has 3 heterocycles. The Morgan fingerprint density at radius 2 is 1.79 bits per heavy atom. The smallest absolute Gasteiger partial charge is 0.399 e. The first kappa shape index (κ1) is 19.7. The first-order chi connectivity index (χ1) is 13.0. The average molecular weight is 396 g/mol. The second-order valence-electron chi connectivity index (χ2n) is 8.48. The summed E-state index contributed by atoms with van der Waals surface area (Å²) in [6.45, 7) is 8.16. The zero-order valence-electron chi connectivity index (χ0n) is 16.5. The standard InChI is InChI=1S/C19H24BF3N2O3/c1-17(2)18(3,4)28-20(27-17)12-8-9-14-13(11-12)16(19(21,22)23)24-25(14)15-7-5-6-10-26-15/h8-9,11,15H,5-7,10H2,1-4H3/t15-/m1/s1. The predicted octanol–water partition coefficient (Wildman–Crippen LogP) is 4.05. The summed E-state index contributed by atoms with van der Waals surface area (Å²) in [5.74, 6) is 0. The Morgan fingerprint density at radius 1 is 1.11 bits per heavy atom. The Bertz CT molecular complexity index is 872. The molecule has 0 radical (unpaired) electrons. The number of fused-ring (bicyclic) bond motifs is 1. The molecule has 1 aromatic heterocycles. The van der Waals surface area contributed by atoms with E-state index in [0.717, 1.165) is 12.8 Å². The second kappa shape index (κ2) is 6.47. The Kier molecular flexibility index (Phi) is 4.56. The van der Waals surface area contributed by atoms with E-state index in [2.05, 4.69) is 5.10 Å². The van der Waals surface area contributed by atoms with Crippen molar-refractivity contribution in [2.45, 2.75) is 70.6 Å². The van der Waals surface area contributed by atoms with Gasteiger partial charge in [-0.25, -0.2) is 4.68 Å². The number of aromatic nitrogens is 2. The summed E-state index contributed by atoms with van der Waals surface area (Å²) in [5, 5.41) is 3.93. The van der Waals surface area contributed by atoms with Crippen molar-refractivity contribution >= 4 is 23.5 Å². The van der Waals surface area contributed by atoms with Crippen LogP contribution in [0.25, 0.3) is 10.9 Å². The summed E-state index contributed by atoms with van der Waals surface area (Å²) in [5.41, 5.74) is -1.10. The van der Waals surface area contributed by atoms with Crippen LogP contribution >= 0.6 is 0 Å². The quantitative estimate of drug-likeness (QED) is 0.719. The highest BCUT2D eigenvalue weighted by Crippen LogP contribution is 2.38. The highest BCUT2D eigenvalue weighted by molar-refractivity contribution is 6.62. The van der Waals surface area contributed by atoms with E-state index >= 15 is 0 Å². The maximum absolute atomic E-state index is 13.7. The molecular formula is C19H24BF3N2O3. The van der Waals surface area contributed by atoms with Gasteiger partial charge in [-0.15, -0.1) is 0 Å². The number of rotatable bonds is 2. The van der Waals surface area contributed by atoms with Crippen molar-refractivity contribution in [2.24, 2.45) is 0 Å². The van der Waals surface area contributed by atoms with Crippen molar-refractivity contribution < 1.29 is 27.2 Å². The van der Waals surface area contributed by atoms with Crippen molar-refractivity contribution in [3.63, 3.8) is 0 Å². The van der Waals surface area contributed by atoms with E-state index in [4.69, 9.17) is 14.0 Å². The first-order valence-corrected chi connectivity index (χ1v) is 9.56. The Balaban J connectivity index is 1.78. The molecule has 0 N–H and O–H groups in total. The summed E-state index contributed by atoms with van der Waals surface area (Å²) in [6, 6.07) is 4.87. The van der Waals surface area contributed by atoms with E-state index in [9.17, 15) is 13.2 Å². The lowest BCUT2D eigenvalue weighted by Gasteiger charge is -2.32. The topological polar surface area (TPSA) is 45.5 Å². The van der Waals surface area contributed by atoms with Gasteiger partial charge in [0.1, 0.15) is 0 Å². The number of ether oxygens (including phenoxy) is 1. The molecule has 1 atom stereocenters. The van der Waals surface area contributed by atoms with Crippen LogP contribution in [0.1, 0.15) is 58.9 Å². The summed E-state index contributed by atoms with van der Waals surface area (Å²) in [4.78, 5) is 0. The van der Waals surface area contributed by atoms with Crippen LogP contribution < -0.4 is 5.46 Å². The lowest BCUT2D eigenvalue weighted by molar-refractivity contribution is -0.141. The Hall–Kier alpha value is -1.58. The normalized spacial score (nSPS) is 24.8. The van der Waals surface area contributed by atoms with Gasteiger partial charge in [-0.1, -0.05) is 12.1 Å². The second-order valence-corrected chi connectivity index (χ2v) is 8.48. The van der Waals surface area contributed by atoms with Gasteiger partial charge in [-0.2, -0.15) is 18.3 Å². The van der Waals surface area contributed by atoms with Crippen LogP contribution in [0.5, 0.6) is 0 Å². The highest BCUT2D eigenvalue weighted by Gasteiger charge is 2.52. The van der Waals surface area contributed by atoms with Gasteiger partial charge >= 0.3 is 13.3 Å². The van der Waals surface area contributed by atoms with Gasteiger partial charge in [0.25, 0.3) is 0 Å². The number of hydrogen-bond acceptors (Lipinski definition) is 4. The fourth-order valence-corrected chi connectivity index (χ4v) is 3.63. The number of hydrogen-bond donors (Lipinski definition) is 0. The van der Waals surface area contributed by atoms with Crippen LogP contribution in [0.4, 0.5) is 13.2 Å². The predicted molar refractivity (Wildman–Crippen MR) is 99.3 cm³/mol. The molecule has 4 rings (SSSR count). The van der Waals surface area contributed by atoms with Crippen molar-refractivity contribution in [2.75, 3.05) is 6.61 Å². The van der Waals surface area contributed by atoms with E-state index in [-0.39, 0.29) is 5.39 Å². The van der Waals surface area contributed by atoms with Crippen molar-refractivity contribution in [1.82, 2.24) is 9.78 Å². The fourth-order valence-electron chi connectivity index (χ4n) is 3.63. The van der Waals surface area contributed by atoms with Crippen LogP contribution in [0.15, 0.2) is 18.2 Å². The van der Waals surface area contributed by atoms with Gasteiger partial charge in [-0.3, -0.25) is 0 Å². The summed E-state index contributed by atoms with van der Waals surface area (Å²) < 4.78 is 60.0. The maximum atomic E-state index is 13.7. The molecule has 0 saturated carbocycles. The SMILES string of the molecule is CC1(C)OB(c2ccc3c(c2)c(C(F)(F)F)nn3[C@H]2CCCCO2)OC1(C)C. The molecule has 0 amide bonds. The fraction of sp³-hybridized carbons (Fsp3) is 0.632. The zero-order chi connectivity index (χ0) is 20.3. The monoisotopic (exact) mass is 396 g/mol. The molecule has 0 bridgehead atoms. The third-order valence-electron chi connectivity index (χ3n) is 5.95. The Labute approximate surface area is 162 Å². The van der Waals surface area contributed by atoms with Crippen LogP contribution in [0.3, 0.4) is 0 Å². The molecule has 0 aliphatic carbocycles. The third kappa shape index (κ3) is 3.23. The molecule has 28 heavy (non-hydrogen) atoms. The van der Waals surface area contributed by atoms with E-state index in [1.54, 1.807) is 12.1 Å². The maximum Gasteiger partial charge on any atom is 0.494 e. The lowest BCUT2D eigenvalue weighted by Crippen LogP contribution is -2.41. The molecule has 2 fully saturated rings. The molecule has 2 aliphatic heterocycles. The molecule has 152 valence electrons. The Morgan fingerprint density at radius 3 is 2.36 bits per heavy atom. The minimum absolute atomic E-state index is 0.0360. The van der Waals surface area contributed by atoms with Crippen LogP contribution in [0, 0.1) is 0 Å². The molecule has 5 nitrogen and oxygen atoms in total. The van der Waals surface area contributed by atoms with E-state index < -0.39 is 36.4 Å². The summed E-state index contributed by atoms with van der Waals surface area (Å²) in [7, 11) is -0.732. The van der Waals surface area contributed by atoms with E-state index in [1.165, 1.54) is 10.7 Å². The molecular weight excluding hydrogens is 372 g/mol. The van der Waals surface area contributed by atoms with E-state index in [1.807, 2.05) is 27.7 Å². The third-order valence-corrected chi connectivity index (χ3v) is 5.95. The molecule has 2 aromatic rings. The van der Waals surface area contributed by atoms with Gasteiger partial charge in [-0.05, 0) is 58.5 Å². The number of benzene rings is 1. The van der Waals surface area contributed by atoms with Gasteiger partial charge in [0, 0.05) is 12.0 Å². The average Bonchev–Trinajstić information content (AvgIpc) is 3.09. The first-order valence-electron chi connectivity index (χ1n) is 9.56. The van der Waals surface area contributed by atoms with Gasteiger partial charge < -0.3 is 14.0 Å². The van der Waals surface area contributed by atoms with Crippen molar-refractivity contribution in [3.8, 4) is 0 Å². The minimum atomic E-state index is -4.56. The lowest BCUT2D eigenvalue weighted by atomic mass is 9.78. The van der Waals surface area contributed by atoms with Gasteiger partial charge in [0.2, 0.25) is 0 Å². The molecule has 9 heteroatoms. The molecule has 2 saturated heterocycles. The molecule has 0 spiro atoms. The molecule has 1 aromatic carbocycles. The zero-order valence-corrected chi connectivity index (χ0v) is 16.5. The van der Waals surface area contributed by atoms with Crippen molar-refractivity contribution in [3.05, 3.63) is 23.9 Å². The summed E-state index contributed by atoms with van der Waals surface area (Å²) in [6.07, 6.45) is -2.58. The number of nitrogens with zero attached hydrogens (tertiary/aromatic N) is 2. The van der Waals surface area contributed by atoms with E-state index in [0.29, 0.717) is 24.0 Å². The largest absolute Gasteiger partial charge is 0.494 e. The van der Waals surface area contributed by atoms with Crippen molar-refractivity contribution in [1.29, 1.82) is 0 Å². The van der Waals surface area contributed by atoms with Gasteiger partial charge in [0.15, 0.2) is 11.9 Å². The molecule has 0 unspecified atom stereocenters. The summed E-state index contributed by atoms with van der Waals surface area (Å²) >= 11 is 0. The van der Waals surface area contributed by atoms with Crippen LogP contribution in [-0.2, 0) is 20.2 Å².